The molecule has 1 aromatic carbocycles. The van der Waals surface area contributed by atoms with E-state index >= 15 is 0 Å². The van der Waals surface area contributed by atoms with E-state index in [2.05, 4.69) is 41.6 Å². The Morgan fingerprint density at radius 2 is 1.88 bits per heavy atom. The molecule has 0 radical (unpaired) electrons. The van der Waals surface area contributed by atoms with Gasteiger partial charge in [0.15, 0.2) is 11.3 Å². The van der Waals surface area contributed by atoms with Crippen LogP contribution in [0, 0.1) is 0 Å². The highest BCUT2D eigenvalue weighted by Gasteiger charge is 2.15. The van der Waals surface area contributed by atoms with E-state index in [9.17, 15) is 0 Å². The van der Waals surface area contributed by atoms with Crippen LogP contribution in [0.5, 0.6) is 0 Å². The minimum absolute atomic E-state index is 0.649. The minimum atomic E-state index is 0.649. The quantitative estimate of drug-likeness (QED) is 0.391. The van der Waals surface area contributed by atoms with Crippen LogP contribution in [0.15, 0.2) is 66.3 Å². The SMILES string of the molecule is c1ccc(-n2c(CSc3ncnc4nc[nH]c34)nc3cccnc32)cc1. The van der Waals surface area contributed by atoms with Crippen LogP contribution in [-0.2, 0) is 5.75 Å². The maximum absolute atomic E-state index is 4.78. The van der Waals surface area contributed by atoms with Crippen LogP contribution in [0.3, 0.4) is 0 Å². The van der Waals surface area contributed by atoms with Gasteiger partial charge in [-0.3, -0.25) is 4.57 Å². The van der Waals surface area contributed by atoms with Gasteiger partial charge in [-0.2, -0.15) is 0 Å². The molecule has 26 heavy (non-hydrogen) atoms. The highest BCUT2D eigenvalue weighted by atomic mass is 32.2. The van der Waals surface area contributed by atoms with E-state index in [0.29, 0.717) is 11.4 Å². The van der Waals surface area contributed by atoms with Gasteiger partial charge in [-0.1, -0.05) is 30.0 Å². The Kier molecular flexibility index (Phi) is 3.60. The molecule has 4 aromatic heterocycles. The van der Waals surface area contributed by atoms with Crippen molar-refractivity contribution in [3.05, 3.63) is 67.1 Å². The molecule has 5 aromatic rings. The molecule has 0 atom stereocenters. The zero-order valence-electron chi connectivity index (χ0n) is 13.6. The van der Waals surface area contributed by atoms with Crippen molar-refractivity contribution in [3.8, 4) is 5.69 Å². The first-order valence-electron chi connectivity index (χ1n) is 8.05. The third-order valence-corrected chi connectivity index (χ3v) is 5.01. The van der Waals surface area contributed by atoms with Crippen molar-refractivity contribution >= 4 is 34.1 Å². The molecule has 4 heterocycles. The summed E-state index contributed by atoms with van der Waals surface area (Å²) in [4.78, 5) is 25.1. The fraction of sp³-hybridized carbons (Fsp3) is 0.0556. The zero-order valence-corrected chi connectivity index (χ0v) is 14.4. The lowest BCUT2D eigenvalue weighted by Gasteiger charge is -2.08. The average molecular weight is 359 g/mol. The molecule has 0 fully saturated rings. The number of hydrogen-bond donors (Lipinski definition) is 1. The minimum Gasteiger partial charge on any atom is -0.341 e. The monoisotopic (exact) mass is 359 g/mol. The number of aromatic amines is 1. The first-order valence-corrected chi connectivity index (χ1v) is 9.03. The molecule has 0 aliphatic carbocycles. The lowest BCUT2D eigenvalue weighted by atomic mass is 10.3. The lowest BCUT2D eigenvalue weighted by Crippen LogP contribution is -2.01. The molecule has 0 saturated carbocycles. The topological polar surface area (TPSA) is 85.2 Å². The van der Waals surface area contributed by atoms with E-state index in [1.54, 1.807) is 24.3 Å². The van der Waals surface area contributed by atoms with E-state index in [4.69, 9.17) is 4.98 Å². The summed E-state index contributed by atoms with van der Waals surface area (Å²) in [6, 6.07) is 14.0. The normalized spacial score (nSPS) is 11.4. The summed E-state index contributed by atoms with van der Waals surface area (Å²) in [5, 5.41) is 0.854. The first kappa shape index (κ1) is 15.0. The highest BCUT2D eigenvalue weighted by Crippen LogP contribution is 2.28. The second-order valence-corrected chi connectivity index (χ2v) is 6.58. The summed E-state index contributed by atoms with van der Waals surface area (Å²) in [7, 11) is 0. The number of fused-ring (bicyclic) bond motifs is 2. The van der Waals surface area contributed by atoms with Crippen LogP contribution in [0.2, 0.25) is 0 Å². The van der Waals surface area contributed by atoms with Crippen molar-refractivity contribution in [1.82, 2.24) is 34.5 Å². The summed E-state index contributed by atoms with van der Waals surface area (Å²) < 4.78 is 2.09. The standard InChI is InChI=1S/C18H13N7S/c1-2-5-12(6-3-1)25-14(24-13-7-4-8-19-17(13)25)9-26-18-15-16(21-10-20-15)22-11-23-18/h1-8,10-11H,9H2,(H,20,21,22,23). The van der Waals surface area contributed by atoms with Gasteiger partial charge in [-0.15, -0.1) is 0 Å². The number of imidazole rings is 2. The van der Waals surface area contributed by atoms with Gasteiger partial charge >= 0.3 is 0 Å². The Labute approximate surface area is 152 Å². The van der Waals surface area contributed by atoms with Crippen LogP contribution in [-0.4, -0.2) is 34.5 Å². The summed E-state index contributed by atoms with van der Waals surface area (Å²) in [6.07, 6.45) is 4.96. The van der Waals surface area contributed by atoms with E-state index < -0.39 is 0 Å². The molecule has 7 nitrogen and oxygen atoms in total. The number of aromatic nitrogens is 7. The predicted octanol–water partition coefficient (Wildman–Crippen LogP) is 3.38. The van der Waals surface area contributed by atoms with Crippen molar-refractivity contribution < 1.29 is 0 Å². The summed E-state index contributed by atoms with van der Waals surface area (Å²) in [5.41, 5.74) is 4.28. The van der Waals surface area contributed by atoms with Crippen LogP contribution in [0.25, 0.3) is 28.0 Å². The molecular formula is C18H13N7S. The number of nitrogens with zero attached hydrogens (tertiary/aromatic N) is 6. The van der Waals surface area contributed by atoms with Crippen molar-refractivity contribution in [2.75, 3.05) is 0 Å². The third kappa shape index (κ3) is 2.51. The van der Waals surface area contributed by atoms with Gasteiger partial charge in [0.25, 0.3) is 0 Å². The highest BCUT2D eigenvalue weighted by molar-refractivity contribution is 7.98. The van der Waals surface area contributed by atoms with Crippen LogP contribution in [0.1, 0.15) is 5.82 Å². The number of hydrogen-bond acceptors (Lipinski definition) is 6. The Bertz CT molecular complexity index is 1200. The Balaban J connectivity index is 1.58. The molecule has 8 heteroatoms. The molecule has 0 spiro atoms. The van der Waals surface area contributed by atoms with Gasteiger partial charge < -0.3 is 4.98 Å². The summed E-state index contributed by atoms with van der Waals surface area (Å²) in [5.74, 6) is 1.57. The van der Waals surface area contributed by atoms with Crippen LogP contribution >= 0.6 is 11.8 Å². The summed E-state index contributed by atoms with van der Waals surface area (Å²) >= 11 is 1.60. The summed E-state index contributed by atoms with van der Waals surface area (Å²) in [6.45, 7) is 0. The fourth-order valence-electron chi connectivity index (χ4n) is 2.89. The van der Waals surface area contributed by atoms with E-state index in [-0.39, 0.29) is 0 Å². The van der Waals surface area contributed by atoms with Crippen molar-refractivity contribution in [2.24, 2.45) is 0 Å². The number of para-hydroxylation sites is 1. The molecular weight excluding hydrogens is 346 g/mol. The van der Waals surface area contributed by atoms with Gasteiger partial charge in [0.05, 0.1) is 12.1 Å². The molecule has 0 amide bonds. The van der Waals surface area contributed by atoms with Gasteiger partial charge in [-0.05, 0) is 24.3 Å². The predicted molar refractivity (Wildman–Crippen MR) is 100 cm³/mol. The van der Waals surface area contributed by atoms with Gasteiger partial charge in [0.2, 0.25) is 0 Å². The van der Waals surface area contributed by atoms with Gasteiger partial charge in [-0.25, -0.2) is 24.9 Å². The van der Waals surface area contributed by atoms with Gasteiger partial charge in [0, 0.05) is 11.9 Å². The average Bonchev–Trinajstić information content (AvgIpc) is 3.31. The van der Waals surface area contributed by atoms with E-state index in [1.807, 2.05) is 30.3 Å². The second-order valence-electron chi connectivity index (χ2n) is 5.61. The molecule has 0 aliphatic rings. The maximum Gasteiger partial charge on any atom is 0.181 e. The first-order chi connectivity index (χ1) is 12.9. The maximum atomic E-state index is 4.78. The Morgan fingerprint density at radius 1 is 0.962 bits per heavy atom. The fourth-order valence-corrected chi connectivity index (χ4v) is 3.77. The third-order valence-electron chi connectivity index (χ3n) is 4.03. The molecule has 1 N–H and O–H groups in total. The Hall–Kier alpha value is -3.26. The molecule has 0 unspecified atom stereocenters. The molecule has 126 valence electrons. The second kappa shape index (κ2) is 6.23. The number of rotatable bonds is 4. The van der Waals surface area contributed by atoms with Crippen molar-refractivity contribution in [1.29, 1.82) is 0 Å². The lowest BCUT2D eigenvalue weighted by molar-refractivity contribution is 0.970. The number of benzene rings is 1. The number of pyridine rings is 1. The number of H-pyrrole nitrogens is 1. The molecule has 0 saturated heterocycles. The van der Waals surface area contributed by atoms with E-state index in [1.165, 1.54) is 6.33 Å². The molecule has 0 bridgehead atoms. The smallest absolute Gasteiger partial charge is 0.181 e. The van der Waals surface area contributed by atoms with E-state index in [0.717, 1.165) is 33.2 Å². The number of nitrogens with one attached hydrogen (secondary N) is 1. The molecule has 5 rings (SSSR count). The van der Waals surface area contributed by atoms with Gasteiger partial charge in [0.1, 0.15) is 28.2 Å². The largest absolute Gasteiger partial charge is 0.341 e. The van der Waals surface area contributed by atoms with Crippen molar-refractivity contribution in [2.45, 2.75) is 10.8 Å². The zero-order chi connectivity index (χ0) is 17.3. The Morgan fingerprint density at radius 3 is 2.81 bits per heavy atom. The molecule has 0 aliphatic heterocycles. The van der Waals surface area contributed by atoms with Crippen LogP contribution < -0.4 is 0 Å². The van der Waals surface area contributed by atoms with Crippen LogP contribution in [0.4, 0.5) is 0 Å². The number of thioether (sulfide) groups is 1. The van der Waals surface area contributed by atoms with Crippen molar-refractivity contribution in [3.63, 3.8) is 0 Å².